The molecular formula is C50H27N3S2. The van der Waals surface area contributed by atoms with Crippen LogP contribution in [0.1, 0.15) is 0 Å². The standard InChI is InChI=1S/C50H27N3S2/c1-2-12-30-28(11-1)21-24-39-45(30)46-40(25-23-36-33-15-4-3-13-31(33)32-14-5-6-17-35(32)44(36)46)53(39)49-47(52-50-48(51-49)37-18-8-10-20-42(37)55-50)29-22-26-43-38(27-29)34-16-7-9-19-41(34)54-43/h1-27H. The van der Waals surface area contributed by atoms with Crippen molar-refractivity contribution in [2.24, 2.45) is 0 Å². The second kappa shape index (κ2) is 11.0. The van der Waals surface area contributed by atoms with Gasteiger partial charge in [-0.05, 0) is 74.1 Å². The second-order valence-electron chi connectivity index (χ2n) is 14.4. The van der Waals surface area contributed by atoms with Gasteiger partial charge in [0.05, 0.1) is 11.0 Å². The highest BCUT2D eigenvalue weighted by atomic mass is 32.1. The number of fused-ring (bicyclic) bond motifs is 18. The van der Waals surface area contributed by atoms with Crippen LogP contribution >= 0.6 is 22.7 Å². The number of nitrogens with zero attached hydrogens (tertiary/aromatic N) is 3. The Hall–Kier alpha value is -6.66. The van der Waals surface area contributed by atoms with Gasteiger partial charge in [0.2, 0.25) is 0 Å². The minimum Gasteiger partial charge on any atom is -0.292 e. The topological polar surface area (TPSA) is 30.7 Å². The summed E-state index contributed by atoms with van der Waals surface area (Å²) >= 11 is 3.56. The summed E-state index contributed by atoms with van der Waals surface area (Å²) in [5, 5.41) is 16.2. The molecule has 0 aliphatic heterocycles. The maximum Gasteiger partial charge on any atom is 0.165 e. The molecule has 0 amide bonds. The van der Waals surface area contributed by atoms with Gasteiger partial charge in [0.25, 0.3) is 0 Å². The fourth-order valence-corrected chi connectivity index (χ4v) is 11.3. The van der Waals surface area contributed by atoms with Gasteiger partial charge in [-0.3, -0.25) is 4.57 Å². The van der Waals surface area contributed by atoms with Crippen LogP contribution in [-0.4, -0.2) is 14.5 Å². The quantitative estimate of drug-likeness (QED) is 0.166. The van der Waals surface area contributed by atoms with Gasteiger partial charge in [0.15, 0.2) is 5.82 Å². The third-order valence-electron chi connectivity index (χ3n) is 11.6. The van der Waals surface area contributed by atoms with Crippen LogP contribution in [0.5, 0.6) is 0 Å². The predicted octanol–water partition coefficient (Wildman–Crippen LogP) is 14.6. The van der Waals surface area contributed by atoms with Gasteiger partial charge in [0.1, 0.15) is 16.0 Å². The highest BCUT2D eigenvalue weighted by molar-refractivity contribution is 7.26. The maximum atomic E-state index is 5.70. The van der Waals surface area contributed by atoms with E-state index >= 15 is 0 Å². The number of benzene rings is 9. The monoisotopic (exact) mass is 733 g/mol. The molecule has 13 rings (SSSR count). The minimum absolute atomic E-state index is 0.842. The Morgan fingerprint density at radius 3 is 1.76 bits per heavy atom. The molecule has 0 saturated heterocycles. The second-order valence-corrected chi connectivity index (χ2v) is 16.6. The van der Waals surface area contributed by atoms with Crippen LogP contribution in [0.2, 0.25) is 0 Å². The van der Waals surface area contributed by atoms with Crippen LogP contribution in [-0.2, 0) is 0 Å². The summed E-state index contributed by atoms with van der Waals surface area (Å²) in [7, 11) is 0. The molecule has 0 N–H and O–H groups in total. The van der Waals surface area contributed by atoms with E-state index in [0.717, 1.165) is 43.8 Å². The zero-order chi connectivity index (χ0) is 35.8. The highest BCUT2D eigenvalue weighted by Gasteiger charge is 2.25. The number of thiophene rings is 2. The summed E-state index contributed by atoms with van der Waals surface area (Å²) in [6, 6.07) is 59.9. The summed E-state index contributed by atoms with van der Waals surface area (Å²) in [6.07, 6.45) is 0. The minimum atomic E-state index is 0.842. The molecule has 0 unspecified atom stereocenters. The molecule has 0 atom stereocenters. The van der Waals surface area contributed by atoms with Crippen molar-refractivity contribution in [3.05, 3.63) is 164 Å². The molecule has 13 aromatic rings. The molecule has 0 fully saturated rings. The van der Waals surface area contributed by atoms with E-state index in [1.807, 2.05) is 11.3 Å². The van der Waals surface area contributed by atoms with Crippen LogP contribution in [0.4, 0.5) is 0 Å². The van der Waals surface area contributed by atoms with E-state index in [1.165, 1.54) is 78.7 Å². The molecule has 3 nitrogen and oxygen atoms in total. The van der Waals surface area contributed by atoms with Crippen LogP contribution in [0, 0.1) is 0 Å². The van der Waals surface area contributed by atoms with Crippen molar-refractivity contribution in [2.75, 3.05) is 0 Å². The largest absolute Gasteiger partial charge is 0.292 e. The maximum absolute atomic E-state index is 5.70. The van der Waals surface area contributed by atoms with Crippen LogP contribution < -0.4 is 0 Å². The normalized spacial score (nSPS) is 12.4. The Morgan fingerprint density at radius 1 is 0.382 bits per heavy atom. The van der Waals surface area contributed by atoms with Gasteiger partial charge in [-0.25, -0.2) is 9.97 Å². The molecule has 0 spiro atoms. The van der Waals surface area contributed by atoms with Gasteiger partial charge in [0, 0.05) is 52.0 Å². The molecule has 55 heavy (non-hydrogen) atoms. The lowest BCUT2D eigenvalue weighted by atomic mass is 9.91. The Labute approximate surface area is 322 Å². The summed E-state index contributed by atoms with van der Waals surface area (Å²) < 4.78 is 6.17. The third kappa shape index (κ3) is 4.03. The van der Waals surface area contributed by atoms with Crippen molar-refractivity contribution in [1.82, 2.24) is 14.5 Å². The lowest BCUT2D eigenvalue weighted by Gasteiger charge is -2.14. The van der Waals surface area contributed by atoms with Gasteiger partial charge < -0.3 is 0 Å². The fraction of sp³-hybridized carbons (Fsp3) is 0. The lowest BCUT2D eigenvalue weighted by Crippen LogP contribution is -2.03. The first-order valence-corrected chi connectivity index (χ1v) is 20.2. The molecule has 0 radical (unpaired) electrons. The van der Waals surface area contributed by atoms with Crippen molar-refractivity contribution >= 4 is 128 Å². The van der Waals surface area contributed by atoms with Crippen molar-refractivity contribution in [2.45, 2.75) is 0 Å². The van der Waals surface area contributed by atoms with E-state index < -0.39 is 0 Å². The van der Waals surface area contributed by atoms with Gasteiger partial charge >= 0.3 is 0 Å². The van der Waals surface area contributed by atoms with E-state index in [9.17, 15) is 0 Å². The molecular weight excluding hydrogens is 707 g/mol. The zero-order valence-electron chi connectivity index (χ0n) is 29.2. The van der Waals surface area contributed by atoms with Crippen LogP contribution in [0.15, 0.2) is 164 Å². The lowest BCUT2D eigenvalue weighted by molar-refractivity contribution is 1.09. The number of hydrogen-bond acceptors (Lipinski definition) is 4. The number of hydrogen-bond donors (Lipinski definition) is 0. The average molecular weight is 734 g/mol. The van der Waals surface area contributed by atoms with Crippen LogP contribution in [0.3, 0.4) is 0 Å². The smallest absolute Gasteiger partial charge is 0.165 e. The SMILES string of the molecule is c1ccc2c(c1)ccc1c2c2c3c4ccccc4c4ccccc4c3ccc2n1-c1nc2c(nc1-c1ccc3sc4ccccc4c3c1)sc1ccccc12. The van der Waals surface area contributed by atoms with Crippen molar-refractivity contribution in [1.29, 1.82) is 0 Å². The molecule has 4 heterocycles. The molecule has 5 heteroatoms. The Balaban J connectivity index is 1.25. The first-order chi connectivity index (χ1) is 27.3. The van der Waals surface area contributed by atoms with Crippen molar-refractivity contribution < 1.29 is 0 Å². The van der Waals surface area contributed by atoms with Crippen LogP contribution in [0.25, 0.3) is 123 Å². The van der Waals surface area contributed by atoms with Gasteiger partial charge in [-0.15, -0.1) is 22.7 Å². The molecule has 0 aliphatic rings. The van der Waals surface area contributed by atoms with E-state index in [0.29, 0.717) is 0 Å². The summed E-state index contributed by atoms with van der Waals surface area (Å²) in [4.78, 5) is 12.2. The Morgan fingerprint density at radius 2 is 0.964 bits per heavy atom. The van der Waals surface area contributed by atoms with E-state index in [-0.39, 0.29) is 0 Å². The van der Waals surface area contributed by atoms with E-state index in [1.54, 1.807) is 11.3 Å². The van der Waals surface area contributed by atoms with Gasteiger partial charge in [-0.1, -0.05) is 127 Å². The predicted molar refractivity (Wildman–Crippen MR) is 238 cm³/mol. The average Bonchev–Trinajstić information content (AvgIpc) is 3.92. The van der Waals surface area contributed by atoms with Crippen molar-refractivity contribution in [3.8, 4) is 17.1 Å². The first-order valence-electron chi connectivity index (χ1n) is 18.6. The molecule has 0 bridgehead atoms. The molecule has 0 saturated carbocycles. The molecule has 9 aromatic carbocycles. The third-order valence-corrected chi connectivity index (χ3v) is 13.8. The van der Waals surface area contributed by atoms with E-state index in [4.69, 9.17) is 9.97 Å². The highest BCUT2D eigenvalue weighted by Crippen LogP contribution is 2.47. The summed E-state index contributed by atoms with van der Waals surface area (Å²) in [6.45, 7) is 0. The van der Waals surface area contributed by atoms with Gasteiger partial charge in [-0.2, -0.15) is 0 Å². The number of aromatic nitrogens is 3. The molecule has 254 valence electrons. The zero-order valence-corrected chi connectivity index (χ0v) is 30.9. The number of rotatable bonds is 2. The Kier molecular flexibility index (Phi) is 5.93. The summed E-state index contributed by atoms with van der Waals surface area (Å²) in [5.41, 5.74) is 5.12. The first kappa shape index (κ1) is 29.8. The molecule has 4 aromatic heterocycles. The fourth-order valence-electron chi connectivity index (χ4n) is 9.23. The van der Waals surface area contributed by atoms with Crippen molar-refractivity contribution in [3.63, 3.8) is 0 Å². The summed E-state index contributed by atoms with van der Waals surface area (Å²) in [5.74, 6) is 0.842. The van der Waals surface area contributed by atoms with E-state index in [2.05, 4.69) is 168 Å². The molecule has 0 aliphatic carbocycles. The Bertz CT molecular complexity index is 3760.